The highest BCUT2D eigenvalue weighted by Crippen LogP contribution is 2.38. The van der Waals surface area contributed by atoms with Crippen LogP contribution < -0.4 is 14.2 Å². The quantitative estimate of drug-likeness (QED) is 0.297. The second-order valence-electron chi connectivity index (χ2n) is 8.45. The topological polar surface area (TPSA) is 143 Å². The zero-order chi connectivity index (χ0) is 27.4. The van der Waals surface area contributed by atoms with E-state index >= 15 is 0 Å². The highest BCUT2D eigenvalue weighted by atomic mass is 32.2. The normalized spacial score (nSPS) is 13.2. The monoisotopic (exact) mass is 542 g/mol. The molecule has 0 radical (unpaired) electrons. The van der Waals surface area contributed by atoms with E-state index < -0.39 is 21.4 Å². The Hall–Kier alpha value is -3.97. The minimum Gasteiger partial charge on any atom is -0.494 e. The molecule has 0 aliphatic heterocycles. The van der Waals surface area contributed by atoms with E-state index in [0.717, 1.165) is 5.56 Å². The lowest BCUT2D eigenvalue weighted by molar-refractivity contribution is 0.0557. The highest BCUT2D eigenvalue weighted by molar-refractivity contribution is 7.93. The van der Waals surface area contributed by atoms with Gasteiger partial charge in [0.1, 0.15) is 34.3 Å². The fraction of sp³-hybridized carbons (Fsp3) is 0.360. The molecule has 0 spiro atoms. The van der Waals surface area contributed by atoms with E-state index in [-0.39, 0.29) is 24.2 Å². The first-order valence-corrected chi connectivity index (χ1v) is 13.4. The number of aromatic nitrogens is 5. The third-order valence-electron chi connectivity index (χ3n) is 5.80. The summed E-state index contributed by atoms with van der Waals surface area (Å²) in [4.78, 5) is 8.58. The van der Waals surface area contributed by atoms with Gasteiger partial charge in [0.05, 0.1) is 14.2 Å². The number of para-hydroxylation sites is 1. The summed E-state index contributed by atoms with van der Waals surface area (Å²) in [5.41, 5.74) is 1.23. The summed E-state index contributed by atoms with van der Waals surface area (Å²) < 4.78 is 54.2. The van der Waals surface area contributed by atoms with Crippen molar-refractivity contribution >= 4 is 16.0 Å². The van der Waals surface area contributed by atoms with E-state index in [4.69, 9.17) is 18.6 Å². The molecule has 0 unspecified atom stereocenters. The van der Waals surface area contributed by atoms with Crippen molar-refractivity contribution in [3.63, 3.8) is 0 Å². The van der Waals surface area contributed by atoms with Crippen LogP contribution in [0.3, 0.4) is 0 Å². The lowest BCUT2D eigenvalue weighted by Gasteiger charge is -2.23. The summed E-state index contributed by atoms with van der Waals surface area (Å²) in [6, 6.07) is 8.68. The van der Waals surface area contributed by atoms with E-state index in [2.05, 4.69) is 24.9 Å². The van der Waals surface area contributed by atoms with Crippen LogP contribution in [0.15, 0.2) is 47.1 Å². The number of nitrogens with one attached hydrogen (secondary N) is 1. The molecule has 0 amide bonds. The predicted octanol–water partition coefficient (Wildman–Crippen LogP) is 3.86. The number of sulfonamides is 1. The number of methoxy groups -OCH3 is 2. The average Bonchev–Trinajstić information content (AvgIpc) is 3.52. The molecular weight excluding hydrogens is 512 g/mol. The molecule has 1 aromatic carbocycles. The summed E-state index contributed by atoms with van der Waals surface area (Å²) in [6.07, 6.45) is 2.30. The molecule has 13 heteroatoms. The van der Waals surface area contributed by atoms with Gasteiger partial charge in [-0.2, -0.15) is 0 Å². The van der Waals surface area contributed by atoms with Crippen LogP contribution in [0.2, 0.25) is 0 Å². The second kappa shape index (κ2) is 11.2. The average molecular weight is 543 g/mol. The number of aryl methyl sites for hydroxylation is 2. The number of furan rings is 1. The van der Waals surface area contributed by atoms with Crippen molar-refractivity contribution in [1.82, 2.24) is 24.7 Å². The number of rotatable bonds is 11. The zero-order valence-electron chi connectivity index (χ0n) is 22.0. The van der Waals surface area contributed by atoms with Crippen LogP contribution in [0.1, 0.15) is 37.1 Å². The smallest absolute Gasteiger partial charge is 0.243 e. The van der Waals surface area contributed by atoms with E-state index in [0.29, 0.717) is 28.7 Å². The van der Waals surface area contributed by atoms with Crippen LogP contribution >= 0.6 is 0 Å². The van der Waals surface area contributed by atoms with Crippen molar-refractivity contribution in [1.29, 1.82) is 0 Å². The molecule has 4 rings (SSSR count). The number of ether oxygens (including phenoxy) is 3. The van der Waals surface area contributed by atoms with Crippen LogP contribution in [0, 0.1) is 13.8 Å². The minimum absolute atomic E-state index is 0.0937. The standard InChI is InChI=1S/C25H30N6O6S/c1-7-36-22(23-26-13-15(2)14-27-23)17(4)38(32,33)30-25-29-28-24(20-12-11-16(3)37-20)31(25)21-18(34-5)9-8-10-19(21)35-6/h8-14,17,22H,7H2,1-6H3,(H,29,30)/t17-,22-/m0/s1. The zero-order valence-corrected chi connectivity index (χ0v) is 22.8. The second-order valence-corrected chi connectivity index (χ2v) is 10.5. The Morgan fingerprint density at radius 2 is 1.68 bits per heavy atom. The summed E-state index contributed by atoms with van der Waals surface area (Å²) >= 11 is 0. The van der Waals surface area contributed by atoms with Crippen LogP contribution in [0.4, 0.5) is 5.95 Å². The molecule has 0 aliphatic rings. The van der Waals surface area contributed by atoms with Crippen molar-refractivity contribution in [2.75, 3.05) is 25.5 Å². The summed E-state index contributed by atoms with van der Waals surface area (Å²) in [7, 11) is -1.12. The molecular formula is C25H30N6O6S. The molecule has 3 aromatic heterocycles. The number of nitrogens with zero attached hydrogens (tertiary/aromatic N) is 5. The van der Waals surface area contributed by atoms with Crippen LogP contribution in [0.5, 0.6) is 11.5 Å². The molecule has 0 saturated heterocycles. The Bertz CT molecular complexity index is 1480. The van der Waals surface area contributed by atoms with Gasteiger partial charge in [0.25, 0.3) is 0 Å². The van der Waals surface area contributed by atoms with Gasteiger partial charge in [-0.1, -0.05) is 6.07 Å². The first-order valence-electron chi connectivity index (χ1n) is 11.9. The van der Waals surface area contributed by atoms with E-state index in [1.165, 1.54) is 25.7 Å². The number of hydrogen-bond acceptors (Lipinski definition) is 10. The van der Waals surface area contributed by atoms with Crippen LogP contribution in [0.25, 0.3) is 17.3 Å². The van der Waals surface area contributed by atoms with Crippen molar-refractivity contribution in [2.45, 2.75) is 39.0 Å². The summed E-state index contributed by atoms with van der Waals surface area (Å²) in [5, 5.41) is 7.32. The van der Waals surface area contributed by atoms with Gasteiger partial charge in [-0.15, -0.1) is 10.2 Å². The van der Waals surface area contributed by atoms with Gasteiger partial charge in [-0.25, -0.2) is 18.4 Å². The van der Waals surface area contributed by atoms with Gasteiger partial charge >= 0.3 is 0 Å². The van der Waals surface area contributed by atoms with Crippen molar-refractivity contribution < 1.29 is 27.0 Å². The Labute approximate surface area is 221 Å². The first-order chi connectivity index (χ1) is 18.2. The molecule has 38 heavy (non-hydrogen) atoms. The molecule has 4 aromatic rings. The largest absolute Gasteiger partial charge is 0.494 e. The van der Waals surface area contributed by atoms with Crippen molar-refractivity contribution in [3.05, 3.63) is 59.9 Å². The van der Waals surface area contributed by atoms with Gasteiger partial charge < -0.3 is 18.6 Å². The van der Waals surface area contributed by atoms with E-state index in [1.54, 1.807) is 56.6 Å². The molecule has 3 heterocycles. The van der Waals surface area contributed by atoms with Gasteiger partial charge in [0.2, 0.25) is 21.8 Å². The van der Waals surface area contributed by atoms with E-state index in [1.807, 2.05) is 6.92 Å². The maximum Gasteiger partial charge on any atom is 0.243 e. The summed E-state index contributed by atoms with van der Waals surface area (Å²) in [5.74, 6) is 2.25. The van der Waals surface area contributed by atoms with Gasteiger partial charge in [-0.05, 0) is 57.5 Å². The van der Waals surface area contributed by atoms with Crippen molar-refractivity contribution in [3.8, 4) is 28.8 Å². The molecule has 2 atom stereocenters. The van der Waals surface area contributed by atoms with Gasteiger partial charge in [0, 0.05) is 19.0 Å². The highest BCUT2D eigenvalue weighted by Gasteiger charge is 2.35. The molecule has 12 nitrogen and oxygen atoms in total. The lowest BCUT2D eigenvalue weighted by Crippen LogP contribution is -2.34. The predicted molar refractivity (Wildman–Crippen MR) is 140 cm³/mol. The molecule has 0 saturated carbocycles. The summed E-state index contributed by atoms with van der Waals surface area (Å²) in [6.45, 7) is 7.19. The molecule has 202 valence electrons. The first kappa shape index (κ1) is 27.1. The Kier molecular flexibility index (Phi) is 7.97. The van der Waals surface area contributed by atoms with Gasteiger partial charge in [0.15, 0.2) is 11.6 Å². The van der Waals surface area contributed by atoms with E-state index in [9.17, 15) is 8.42 Å². The minimum atomic E-state index is -4.12. The molecule has 0 fully saturated rings. The van der Waals surface area contributed by atoms with Crippen LogP contribution in [-0.2, 0) is 14.8 Å². The molecule has 0 bridgehead atoms. The maximum absolute atomic E-state index is 13.7. The number of benzene rings is 1. The maximum atomic E-state index is 13.7. The Balaban J connectivity index is 1.82. The fourth-order valence-corrected chi connectivity index (χ4v) is 4.96. The van der Waals surface area contributed by atoms with Gasteiger partial charge in [-0.3, -0.25) is 9.29 Å². The van der Waals surface area contributed by atoms with Crippen LogP contribution in [-0.4, -0.2) is 59.2 Å². The SMILES string of the molecule is CCO[C@H](c1ncc(C)cn1)[C@H](C)S(=O)(=O)Nc1nnc(-c2ccc(C)o2)n1-c1c(OC)cccc1OC. The van der Waals surface area contributed by atoms with Crippen molar-refractivity contribution in [2.24, 2.45) is 0 Å². The Morgan fingerprint density at radius 3 is 2.24 bits per heavy atom. The lowest BCUT2D eigenvalue weighted by atomic mass is 10.2. The number of anilines is 1. The number of hydrogen-bond donors (Lipinski definition) is 1. The molecule has 0 aliphatic carbocycles. The Morgan fingerprint density at radius 1 is 1.03 bits per heavy atom. The third kappa shape index (κ3) is 5.34. The molecule has 1 N–H and O–H groups in total. The third-order valence-corrected chi connectivity index (χ3v) is 7.49. The fourth-order valence-electron chi connectivity index (χ4n) is 3.86.